The topological polar surface area (TPSA) is 76.0 Å². The molecule has 1 heterocycles. The second-order valence-corrected chi connectivity index (χ2v) is 5.92. The molecule has 0 aromatic carbocycles. The van der Waals surface area contributed by atoms with Crippen molar-refractivity contribution in [3.8, 4) is 0 Å². The van der Waals surface area contributed by atoms with Crippen LogP contribution >= 0.6 is 0 Å². The fourth-order valence-corrected chi connectivity index (χ4v) is 1.79. The summed E-state index contributed by atoms with van der Waals surface area (Å²) in [4.78, 5) is 40.3. The second kappa shape index (κ2) is 7.68. The Bertz CT molecular complexity index is 539. The van der Waals surface area contributed by atoms with Gasteiger partial charge in [0, 0.05) is 31.3 Å². The molecule has 0 N–H and O–H groups in total. The van der Waals surface area contributed by atoms with Crippen molar-refractivity contribution < 1.29 is 19.1 Å². The highest BCUT2D eigenvalue weighted by molar-refractivity contribution is 6.06. The molecule has 6 heteroatoms. The number of ketones is 1. The van der Waals surface area contributed by atoms with E-state index in [4.69, 9.17) is 4.74 Å². The number of amides is 1. The van der Waals surface area contributed by atoms with Crippen LogP contribution in [-0.2, 0) is 19.1 Å². The zero-order valence-electron chi connectivity index (χ0n) is 13.5. The van der Waals surface area contributed by atoms with Gasteiger partial charge in [0.05, 0.1) is 0 Å². The lowest BCUT2D eigenvalue weighted by Crippen LogP contribution is -2.36. The maximum Gasteiger partial charge on any atom is 0.332 e. The highest BCUT2D eigenvalue weighted by atomic mass is 16.6. The first-order chi connectivity index (χ1) is 10.2. The van der Waals surface area contributed by atoms with Crippen molar-refractivity contribution >= 4 is 23.5 Å². The SMILES string of the molecule is CC(=N/C=C/C(=O)OC(C)(C)C)N1CCCC(=O)/C=C/C1=O. The van der Waals surface area contributed by atoms with E-state index in [1.807, 2.05) is 0 Å². The Morgan fingerprint density at radius 3 is 2.64 bits per heavy atom. The molecule has 0 saturated heterocycles. The third-order valence-corrected chi connectivity index (χ3v) is 2.75. The van der Waals surface area contributed by atoms with Gasteiger partial charge in [-0.25, -0.2) is 9.79 Å². The largest absolute Gasteiger partial charge is 0.457 e. The van der Waals surface area contributed by atoms with Crippen molar-refractivity contribution in [2.75, 3.05) is 6.54 Å². The third kappa shape index (κ3) is 6.47. The number of ether oxygens (including phenoxy) is 1. The highest BCUT2D eigenvalue weighted by Gasteiger charge is 2.17. The van der Waals surface area contributed by atoms with Crippen LogP contribution in [0, 0.1) is 0 Å². The molecular formula is C16H22N2O4. The van der Waals surface area contributed by atoms with Gasteiger partial charge in [0.2, 0.25) is 0 Å². The maximum absolute atomic E-state index is 11.9. The van der Waals surface area contributed by atoms with Crippen molar-refractivity contribution in [1.82, 2.24) is 4.90 Å². The van der Waals surface area contributed by atoms with Gasteiger partial charge in [0.1, 0.15) is 11.4 Å². The summed E-state index contributed by atoms with van der Waals surface area (Å²) in [6, 6.07) is 0. The van der Waals surface area contributed by atoms with E-state index in [1.165, 1.54) is 29.3 Å². The van der Waals surface area contributed by atoms with E-state index in [-0.39, 0.29) is 11.7 Å². The molecule has 0 saturated carbocycles. The Kier molecular flexibility index (Phi) is 6.22. The number of carbonyl (C=O) groups is 3. The number of rotatable bonds is 2. The van der Waals surface area contributed by atoms with E-state index in [0.29, 0.717) is 25.2 Å². The Labute approximate surface area is 130 Å². The summed E-state index contributed by atoms with van der Waals surface area (Å²) in [6.45, 7) is 7.43. The minimum atomic E-state index is -0.559. The normalized spacial score (nSPS) is 19.1. The van der Waals surface area contributed by atoms with E-state index in [9.17, 15) is 14.4 Å². The fourth-order valence-electron chi connectivity index (χ4n) is 1.79. The minimum absolute atomic E-state index is 0.0487. The third-order valence-electron chi connectivity index (χ3n) is 2.75. The molecular weight excluding hydrogens is 284 g/mol. The molecule has 22 heavy (non-hydrogen) atoms. The van der Waals surface area contributed by atoms with Crippen molar-refractivity contribution in [3.63, 3.8) is 0 Å². The minimum Gasteiger partial charge on any atom is -0.457 e. The number of hydrogen-bond donors (Lipinski definition) is 0. The van der Waals surface area contributed by atoms with Gasteiger partial charge < -0.3 is 4.74 Å². The molecule has 1 aliphatic heterocycles. The highest BCUT2D eigenvalue weighted by Crippen LogP contribution is 2.08. The number of aliphatic imine (C=N–C) groups is 1. The van der Waals surface area contributed by atoms with E-state index in [1.54, 1.807) is 27.7 Å². The zero-order valence-corrected chi connectivity index (χ0v) is 13.5. The van der Waals surface area contributed by atoms with Crippen molar-refractivity contribution in [3.05, 3.63) is 24.4 Å². The molecule has 0 spiro atoms. The van der Waals surface area contributed by atoms with Crippen molar-refractivity contribution in [2.24, 2.45) is 4.99 Å². The Hall–Kier alpha value is -2.24. The van der Waals surface area contributed by atoms with Gasteiger partial charge in [-0.3, -0.25) is 14.5 Å². The van der Waals surface area contributed by atoms with Crippen LogP contribution in [0.15, 0.2) is 29.4 Å². The van der Waals surface area contributed by atoms with Gasteiger partial charge in [0.15, 0.2) is 5.78 Å². The predicted molar refractivity (Wildman–Crippen MR) is 83.2 cm³/mol. The standard InChI is InChI=1S/C16H22N2O4/c1-12(17-10-9-15(21)22-16(2,3)4)18-11-5-6-13(19)7-8-14(18)20/h7-10H,5-6,11H2,1-4H3/b8-7+,10-9+,17-12?. The van der Waals surface area contributed by atoms with Crippen LogP contribution in [0.3, 0.4) is 0 Å². The summed E-state index contributed by atoms with van der Waals surface area (Å²) in [6.07, 6.45) is 6.04. The molecule has 0 aromatic rings. The first-order valence-corrected chi connectivity index (χ1v) is 7.15. The summed E-state index contributed by atoms with van der Waals surface area (Å²) < 4.78 is 5.11. The molecule has 0 bridgehead atoms. The molecule has 0 unspecified atom stereocenters. The van der Waals surface area contributed by atoms with Gasteiger partial charge in [-0.1, -0.05) is 0 Å². The number of amidine groups is 1. The molecule has 0 aromatic heterocycles. The molecule has 0 atom stereocenters. The van der Waals surface area contributed by atoms with Crippen molar-refractivity contribution in [2.45, 2.75) is 46.1 Å². The smallest absolute Gasteiger partial charge is 0.332 e. The van der Waals surface area contributed by atoms with Crippen LogP contribution in [0.1, 0.15) is 40.5 Å². The number of carbonyl (C=O) groups excluding carboxylic acids is 3. The number of hydrogen-bond acceptors (Lipinski definition) is 5. The summed E-state index contributed by atoms with van der Waals surface area (Å²) in [5, 5.41) is 0. The zero-order chi connectivity index (χ0) is 16.8. The Morgan fingerprint density at radius 1 is 1.32 bits per heavy atom. The molecule has 120 valence electrons. The monoisotopic (exact) mass is 306 g/mol. The van der Waals surface area contributed by atoms with Crippen LogP contribution in [0.5, 0.6) is 0 Å². The van der Waals surface area contributed by atoms with Gasteiger partial charge in [-0.05, 0) is 40.2 Å². The summed E-state index contributed by atoms with van der Waals surface area (Å²) in [5.41, 5.74) is -0.559. The molecule has 0 fully saturated rings. The second-order valence-electron chi connectivity index (χ2n) is 5.92. The lowest BCUT2D eigenvalue weighted by atomic mass is 10.1. The lowest BCUT2D eigenvalue weighted by Gasteiger charge is -2.21. The number of esters is 1. The van der Waals surface area contributed by atoms with Crippen LogP contribution in [-0.4, -0.2) is 40.5 Å². The van der Waals surface area contributed by atoms with Gasteiger partial charge in [-0.15, -0.1) is 0 Å². The first-order valence-electron chi connectivity index (χ1n) is 7.15. The van der Waals surface area contributed by atoms with E-state index in [0.717, 1.165) is 0 Å². The molecule has 0 aliphatic carbocycles. The van der Waals surface area contributed by atoms with Gasteiger partial charge >= 0.3 is 5.97 Å². The summed E-state index contributed by atoms with van der Waals surface area (Å²) in [7, 11) is 0. The van der Waals surface area contributed by atoms with Crippen LogP contribution in [0.4, 0.5) is 0 Å². The number of allylic oxidation sites excluding steroid dienone is 1. The van der Waals surface area contributed by atoms with Gasteiger partial charge in [0.25, 0.3) is 5.91 Å². The molecule has 1 amide bonds. The average Bonchev–Trinajstić information content (AvgIpc) is 2.36. The molecule has 0 radical (unpaired) electrons. The van der Waals surface area contributed by atoms with Crippen molar-refractivity contribution in [1.29, 1.82) is 0 Å². The molecule has 6 nitrogen and oxygen atoms in total. The van der Waals surface area contributed by atoms with E-state index >= 15 is 0 Å². The Morgan fingerprint density at radius 2 is 2.00 bits per heavy atom. The predicted octanol–water partition coefficient (Wildman–Crippen LogP) is 2.01. The van der Waals surface area contributed by atoms with E-state index < -0.39 is 11.6 Å². The summed E-state index contributed by atoms with van der Waals surface area (Å²) >= 11 is 0. The van der Waals surface area contributed by atoms with Crippen LogP contribution in [0.25, 0.3) is 0 Å². The van der Waals surface area contributed by atoms with E-state index in [2.05, 4.69) is 4.99 Å². The molecule has 1 rings (SSSR count). The Balaban J connectivity index is 2.71. The molecule has 1 aliphatic rings. The summed E-state index contributed by atoms with van der Waals surface area (Å²) in [5.74, 6) is -0.371. The maximum atomic E-state index is 11.9. The lowest BCUT2D eigenvalue weighted by molar-refractivity contribution is -0.148. The van der Waals surface area contributed by atoms with Gasteiger partial charge in [-0.2, -0.15) is 0 Å². The first kappa shape index (κ1) is 17.8. The fraction of sp³-hybridized carbons (Fsp3) is 0.500. The van der Waals surface area contributed by atoms with Crippen LogP contribution < -0.4 is 0 Å². The quantitative estimate of drug-likeness (QED) is 0.338. The number of nitrogens with zero attached hydrogens (tertiary/aromatic N) is 2. The average molecular weight is 306 g/mol. The van der Waals surface area contributed by atoms with Crippen LogP contribution in [0.2, 0.25) is 0 Å².